The first-order chi connectivity index (χ1) is 10.4. The summed E-state index contributed by atoms with van der Waals surface area (Å²) in [5.74, 6) is -1.26. The Bertz CT molecular complexity index is 608. The minimum atomic E-state index is -0.683. The zero-order valence-electron chi connectivity index (χ0n) is 12.5. The summed E-state index contributed by atoms with van der Waals surface area (Å²) in [4.78, 5) is 33.7. The second-order valence-electron chi connectivity index (χ2n) is 4.32. The van der Waals surface area contributed by atoms with E-state index >= 15 is 0 Å². The van der Waals surface area contributed by atoms with Crippen LogP contribution in [-0.2, 0) is 20.7 Å². The molecule has 22 heavy (non-hydrogen) atoms. The van der Waals surface area contributed by atoms with E-state index in [0.717, 1.165) is 6.07 Å². The molecule has 0 fully saturated rings. The number of carbonyl (C=O) groups excluding carboxylic acids is 2. The van der Waals surface area contributed by atoms with Gasteiger partial charge in [0.25, 0.3) is 5.69 Å². The lowest BCUT2D eigenvalue weighted by Crippen LogP contribution is -2.13. The molecule has 0 aromatic heterocycles. The number of nitro benzene ring substituents is 1. The van der Waals surface area contributed by atoms with Crippen molar-refractivity contribution in [1.82, 2.24) is 0 Å². The lowest BCUT2D eigenvalue weighted by molar-refractivity contribution is -0.384. The van der Waals surface area contributed by atoms with Gasteiger partial charge < -0.3 is 9.47 Å². The fraction of sp³-hybridized carbons (Fsp3) is 0.333. The van der Waals surface area contributed by atoms with E-state index in [0.29, 0.717) is 5.56 Å². The second-order valence-corrected chi connectivity index (χ2v) is 4.32. The highest BCUT2D eigenvalue weighted by Gasteiger charge is 2.20. The van der Waals surface area contributed by atoms with Gasteiger partial charge in [0.1, 0.15) is 0 Å². The molecular formula is C15H17NO6. The highest BCUT2D eigenvalue weighted by Crippen LogP contribution is 2.21. The van der Waals surface area contributed by atoms with Gasteiger partial charge in [-0.15, -0.1) is 0 Å². The Morgan fingerprint density at radius 2 is 1.86 bits per heavy atom. The summed E-state index contributed by atoms with van der Waals surface area (Å²) >= 11 is 0. The lowest BCUT2D eigenvalue weighted by Gasteiger charge is -2.10. The van der Waals surface area contributed by atoms with E-state index in [4.69, 9.17) is 9.47 Å². The maximum atomic E-state index is 11.9. The van der Waals surface area contributed by atoms with Crippen LogP contribution in [0.25, 0.3) is 0 Å². The average molecular weight is 307 g/mol. The number of hydrogen-bond acceptors (Lipinski definition) is 6. The van der Waals surface area contributed by atoms with Crippen LogP contribution in [0, 0.1) is 10.1 Å². The smallest absolute Gasteiger partial charge is 0.338 e. The molecule has 0 saturated carbocycles. The normalized spacial score (nSPS) is 9.91. The molecule has 118 valence electrons. The first kappa shape index (κ1) is 17.4. The van der Waals surface area contributed by atoms with E-state index < -0.39 is 16.9 Å². The molecule has 1 aromatic carbocycles. The number of nitrogens with zero attached hydrogens (tertiary/aromatic N) is 1. The van der Waals surface area contributed by atoms with Crippen LogP contribution in [0.2, 0.25) is 0 Å². The number of rotatable bonds is 7. The Morgan fingerprint density at radius 1 is 1.23 bits per heavy atom. The van der Waals surface area contributed by atoms with Crippen molar-refractivity contribution in [2.24, 2.45) is 0 Å². The summed E-state index contributed by atoms with van der Waals surface area (Å²) in [6.07, 6.45) is 0.0466. The summed E-state index contributed by atoms with van der Waals surface area (Å²) in [7, 11) is 0. The third-order valence-corrected chi connectivity index (χ3v) is 2.77. The Morgan fingerprint density at radius 3 is 2.41 bits per heavy atom. The standard InChI is InChI=1S/C15H17NO6/c1-4-21-14(17)10(3)8-11-6-7-12(16(19)20)9-13(11)15(18)22-5-2/h6-7,9H,3-5,8H2,1-2H3. The molecule has 0 bridgehead atoms. The third kappa shape index (κ3) is 4.41. The van der Waals surface area contributed by atoms with Crippen molar-refractivity contribution in [3.63, 3.8) is 0 Å². The van der Waals surface area contributed by atoms with Crippen LogP contribution < -0.4 is 0 Å². The summed E-state index contributed by atoms with van der Waals surface area (Å²) in [5.41, 5.74) is 0.387. The molecule has 0 unspecified atom stereocenters. The third-order valence-electron chi connectivity index (χ3n) is 2.77. The van der Waals surface area contributed by atoms with Crippen molar-refractivity contribution >= 4 is 17.6 Å². The molecule has 0 aliphatic rings. The number of non-ortho nitro benzene ring substituents is 1. The molecule has 7 heteroatoms. The van der Waals surface area contributed by atoms with E-state index in [2.05, 4.69) is 6.58 Å². The zero-order valence-corrected chi connectivity index (χ0v) is 12.5. The first-order valence-corrected chi connectivity index (χ1v) is 6.70. The van der Waals surface area contributed by atoms with Crippen LogP contribution in [0.3, 0.4) is 0 Å². The number of nitro groups is 1. The quantitative estimate of drug-likeness (QED) is 0.332. The summed E-state index contributed by atoms with van der Waals surface area (Å²) in [6.45, 7) is 7.26. The van der Waals surface area contributed by atoms with Crippen LogP contribution in [-0.4, -0.2) is 30.1 Å². The number of carbonyl (C=O) groups is 2. The van der Waals surface area contributed by atoms with Crippen molar-refractivity contribution < 1.29 is 24.0 Å². The van der Waals surface area contributed by atoms with E-state index in [-0.39, 0.29) is 36.5 Å². The number of hydrogen-bond donors (Lipinski definition) is 0. The summed E-state index contributed by atoms with van der Waals surface area (Å²) < 4.78 is 9.71. The van der Waals surface area contributed by atoms with Gasteiger partial charge in [0.15, 0.2) is 0 Å². The van der Waals surface area contributed by atoms with Crippen molar-refractivity contribution in [1.29, 1.82) is 0 Å². The van der Waals surface area contributed by atoms with Gasteiger partial charge >= 0.3 is 11.9 Å². The molecule has 1 rings (SSSR count). The van der Waals surface area contributed by atoms with Gasteiger partial charge in [-0.3, -0.25) is 10.1 Å². The van der Waals surface area contributed by atoms with Gasteiger partial charge in [-0.25, -0.2) is 9.59 Å². The van der Waals surface area contributed by atoms with E-state index in [9.17, 15) is 19.7 Å². The SMILES string of the molecule is C=C(Cc1ccc([N+](=O)[O-])cc1C(=O)OCC)C(=O)OCC. The first-order valence-electron chi connectivity index (χ1n) is 6.70. The van der Waals surface area contributed by atoms with Crippen molar-refractivity contribution in [3.8, 4) is 0 Å². The molecule has 0 N–H and O–H groups in total. The van der Waals surface area contributed by atoms with E-state index in [1.807, 2.05) is 0 Å². The lowest BCUT2D eigenvalue weighted by atomic mass is 10.00. The molecule has 1 aromatic rings. The Kier molecular flexibility index (Phi) is 6.25. The Labute approximate surface area is 127 Å². The molecule has 0 aliphatic carbocycles. The fourth-order valence-corrected chi connectivity index (χ4v) is 1.77. The topological polar surface area (TPSA) is 95.7 Å². The van der Waals surface area contributed by atoms with E-state index in [1.165, 1.54) is 12.1 Å². The average Bonchev–Trinajstić information content (AvgIpc) is 2.47. The van der Waals surface area contributed by atoms with Crippen LogP contribution in [0.15, 0.2) is 30.4 Å². The van der Waals surface area contributed by atoms with Gasteiger partial charge in [-0.05, 0) is 19.4 Å². The molecule has 0 spiro atoms. The van der Waals surface area contributed by atoms with Crippen LogP contribution >= 0.6 is 0 Å². The minimum absolute atomic E-state index is 0.0431. The van der Waals surface area contributed by atoms with Crippen LogP contribution in [0.4, 0.5) is 5.69 Å². The van der Waals surface area contributed by atoms with Gasteiger partial charge in [-0.1, -0.05) is 12.6 Å². The molecule has 0 saturated heterocycles. The summed E-state index contributed by atoms with van der Waals surface area (Å²) in [6, 6.07) is 3.80. The predicted octanol–water partition coefficient (Wildman–Crippen LogP) is 2.43. The number of benzene rings is 1. The van der Waals surface area contributed by atoms with Gasteiger partial charge in [0.2, 0.25) is 0 Å². The Balaban J connectivity index is 3.12. The largest absolute Gasteiger partial charge is 0.463 e. The van der Waals surface area contributed by atoms with Crippen LogP contribution in [0.5, 0.6) is 0 Å². The van der Waals surface area contributed by atoms with Crippen LogP contribution in [0.1, 0.15) is 29.8 Å². The van der Waals surface area contributed by atoms with Gasteiger partial charge in [0, 0.05) is 24.1 Å². The zero-order chi connectivity index (χ0) is 16.7. The van der Waals surface area contributed by atoms with Crippen molar-refractivity contribution in [2.75, 3.05) is 13.2 Å². The van der Waals surface area contributed by atoms with Crippen molar-refractivity contribution in [3.05, 3.63) is 51.6 Å². The molecular weight excluding hydrogens is 290 g/mol. The summed E-state index contributed by atoms with van der Waals surface area (Å²) in [5, 5.41) is 10.8. The maximum Gasteiger partial charge on any atom is 0.338 e. The fourth-order valence-electron chi connectivity index (χ4n) is 1.77. The van der Waals surface area contributed by atoms with E-state index in [1.54, 1.807) is 13.8 Å². The molecule has 0 amide bonds. The minimum Gasteiger partial charge on any atom is -0.463 e. The van der Waals surface area contributed by atoms with Gasteiger partial charge in [0.05, 0.1) is 23.7 Å². The second kappa shape index (κ2) is 7.92. The maximum absolute atomic E-state index is 11.9. The highest BCUT2D eigenvalue weighted by molar-refractivity contribution is 5.93. The van der Waals surface area contributed by atoms with Gasteiger partial charge in [-0.2, -0.15) is 0 Å². The number of esters is 2. The Hall–Kier alpha value is -2.70. The molecule has 0 radical (unpaired) electrons. The number of ether oxygens (including phenoxy) is 2. The predicted molar refractivity (Wildman–Crippen MR) is 78.5 cm³/mol. The van der Waals surface area contributed by atoms with Crippen molar-refractivity contribution in [2.45, 2.75) is 20.3 Å². The molecule has 7 nitrogen and oxygen atoms in total. The molecule has 0 heterocycles. The highest BCUT2D eigenvalue weighted by atomic mass is 16.6. The molecule has 0 atom stereocenters. The molecule has 0 aliphatic heterocycles. The monoisotopic (exact) mass is 307 g/mol.